The Hall–Kier alpha value is -1.43. The van der Waals surface area contributed by atoms with Crippen LogP contribution in [-0.4, -0.2) is 31.3 Å². The average Bonchev–Trinajstić information content (AvgIpc) is 2.38. The van der Waals surface area contributed by atoms with Gasteiger partial charge in [0.05, 0.1) is 0 Å². The highest BCUT2D eigenvalue weighted by Crippen LogP contribution is 2.22. The minimum atomic E-state index is -4.23. The second kappa shape index (κ2) is 6.65. The van der Waals surface area contributed by atoms with Crippen LogP contribution in [0.3, 0.4) is 0 Å². The molecule has 0 aromatic heterocycles. The van der Waals surface area contributed by atoms with Crippen LogP contribution < -0.4 is 0 Å². The molecule has 19 heavy (non-hydrogen) atoms. The summed E-state index contributed by atoms with van der Waals surface area (Å²) in [6, 6.07) is 6.58. The molecule has 106 valence electrons. The van der Waals surface area contributed by atoms with Crippen molar-refractivity contribution in [1.29, 1.82) is 0 Å². The van der Waals surface area contributed by atoms with Crippen molar-refractivity contribution in [2.45, 2.75) is 25.7 Å². The molecule has 0 unspecified atom stereocenters. The second-order valence-corrected chi connectivity index (χ2v) is 4.03. The molecule has 0 saturated heterocycles. The maximum absolute atomic E-state index is 12.5. The van der Waals surface area contributed by atoms with Crippen molar-refractivity contribution in [3.63, 3.8) is 0 Å². The molecule has 0 amide bonds. The average molecular weight is 278 g/mol. The molecule has 0 heterocycles. The molecular weight excluding hydrogens is 264 g/mol. The van der Waals surface area contributed by atoms with E-state index in [0.29, 0.717) is 5.56 Å². The van der Waals surface area contributed by atoms with E-state index in [-0.39, 0.29) is 0 Å². The van der Waals surface area contributed by atoms with Gasteiger partial charge in [-0.25, -0.2) is 8.78 Å². The standard InChI is InChI=1S/C13H14F4O2/c1-2-9-3-5-10(6-4-9)11(18)7-19-8-13(16,17)12(14)15/h3-6,12H,2,7-8H2,1H3. The van der Waals surface area contributed by atoms with E-state index >= 15 is 0 Å². The fraction of sp³-hybridized carbons (Fsp3) is 0.462. The lowest BCUT2D eigenvalue weighted by molar-refractivity contribution is -0.163. The molecule has 0 N–H and O–H groups in total. The van der Waals surface area contributed by atoms with Gasteiger partial charge in [-0.1, -0.05) is 31.2 Å². The van der Waals surface area contributed by atoms with Crippen molar-refractivity contribution >= 4 is 5.78 Å². The van der Waals surface area contributed by atoms with E-state index < -0.39 is 31.3 Å². The number of hydrogen-bond donors (Lipinski definition) is 0. The molecule has 0 aliphatic carbocycles. The Kier molecular flexibility index (Phi) is 5.47. The van der Waals surface area contributed by atoms with Crippen LogP contribution in [0.4, 0.5) is 17.6 Å². The number of carbonyl (C=O) groups excluding carboxylic acids is 1. The number of hydrogen-bond acceptors (Lipinski definition) is 2. The van der Waals surface area contributed by atoms with E-state index in [2.05, 4.69) is 4.74 Å². The molecular formula is C13H14F4O2. The molecule has 0 fully saturated rings. The lowest BCUT2D eigenvalue weighted by Gasteiger charge is -2.14. The van der Waals surface area contributed by atoms with Crippen molar-refractivity contribution in [1.82, 2.24) is 0 Å². The molecule has 2 nitrogen and oxygen atoms in total. The number of rotatable bonds is 7. The Morgan fingerprint density at radius 2 is 1.84 bits per heavy atom. The maximum atomic E-state index is 12.5. The van der Waals surface area contributed by atoms with Crippen molar-refractivity contribution in [3.8, 4) is 0 Å². The van der Waals surface area contributed by atoms with Crippen LogP contribution in [0.5, 0.6) is 0 Å². The van der Waals surface area contributed by atoms with Crippen molar-refractivity contribution < 1.29 is 27.1 Å². The number of alkyl halides is 4. The monoisotopic (exact) mass is 278 g/mol. The van der Waals surface area contributed by atoms with Gasteiger partial charge in [0.1, 0.15) is 13.2 Å². The summed E-state index contributed by atoms with van der Waals surface area (Å²) in [7, 11) is 0. The first-order valence-electron chi connectivity index (χ1n) is 5.72. The minimum absolute atomic E-state index is 0.303. The summed E-state index contributed by atoms with van der Waals surface area (Å²) in [5.41, 5.74) is 1.33. The van der Waals surface area contributed by atoms with Crippen LogP contribution >= 0.6 is 0 Å². The summed E-state index contributed by atoms with van der Waals surface area (Å²) in [4.78, 5) is 11.5. The zero-order chi connectivity index (χ0) is 14.5. The molecule has 0 saturated carbocycles. The molecule has 0 spiro atoms. The number of carbonyl (C=O) groups is 1. The van der Waals surface area contributed by atoms with Crippen molar-refractivity contribution in [2.75, 3.05) is 13.2 Å². The molecule has 0 atom stereocenters. The molecule has 0 bridgehead atoms. The summed E-state index contributed by atoms with van der Waals surface area (Å²) in [5.74, 6) is -4.75. The number of benzene rings is 1. The first-order valence-corrected chi connectivity index (χ1v) is 5.72. The quantitative estimate of drug-likeness (QED) is 0.565. The molecule has 0 aliphatic heterocycles. The molecule has 6 heteroatoms. The number of ether oxygens (including phenoxy) is 1. The molecule has 0 aliphatic rings. The Labute approximate surface area is 108 Å². The van der Waals surface area contributed by atoms with Gasteiger partial charge in [-0.3, -0.25) is 4.79 Å². The maximum Gasteiger partial charge on any atom is 0.330 e. The summed E-state index contributed by atoms with van der Waals surface area (Å²) in [5, 5.41) is 0. The molecule has 1 rings (SSSR count). The third-order valence-corrected chi connectivity index (χ3v) is 2.53. The summed E-state index contributed by atoms with van der Waals surface area (Å²) in [6.07, 6.45) is -2.99. The van der Waals surface area contributed by atoms with Crippen molar-refractivity contribution in [2.24, 2.45) is 0 Å². The van der Waals surface area contributed by atoms with Gasteiger partial charge in [0.15, 0.2) is 5.78 Å². The van der Waals surface area contributed by atoms with E-state index in [1.807, 2.05) is 6.92 Å². The Morgan fingerprint density at radius 3 is 2.32 bits per heavy atom. The van der Waals surface area contributed by atoms with Gasteiger partial charge >= 0.3 is 12.3 Å². The van der Waals surface area contributed by atoms with E-state index in [4.69, 9.17) is 0 Å². The van der Waals surface area contributed by atoms with E-state index in [9.17, 15) is 22.4 Å². The van der Waals surface area contributed by atoms with Crippen LogP contribution in [0.25, 0.3) is 0 Å². The largest absolute Gasteiger partial charge is 0.367 e. The zero-order valence-corrected chi connectivity index (χ0v) is 10.3. The van der Waals surface area contributed by atoms with E-state index in [1.54, 1.807) is 24.3 Å². The lowest BCUT2D eigenvalue weighted by atomic mass is 10.1. The van der Waals surface area contributed by atoms with Crippen molar-refractivity contribution in [3.05, 3.63) is 35.4 Å². The highest BCUT2D eigenvalue weighted by molar-refractivity contribution is 5.97. The van der Waals surface area contributed by atoms with Crippen LogP contribution in [0, 0.1) is 0 Å². The SMILES string of the molecule is CCc1ccc(C(=O)COCC(F)(F)C(F)F)cc1. The molecule has 0 radical (unpaired) electrons. The number of ketones is 1. The van der Waals surface area contributed by atoms with E-state index in [0.717, 1.165) is 12.0 Å². The first kappa shape index (κ1) is 15.6. The van der Waals surface area contributed by atoms with Gasteiger partial charge in [0.2, 0.25) is 0 Å². The predicted octanol–water partition coefficient (Wildman–Crippen LogP) is 3.35. The van der Waals surface area contributed by atoms with Crippen LogP contribution in [0.2, 0.25) is 0 Å². The van der Waals surface area contributed by atoms with Crippen LogP contribution in [0.15, 0.2) is 24.3 Å². The highest BCUT2D eigenvalue weighted by Gasteiger charge is 2.41. The van der Waals surface area contributed by atoms with Gasteiger partial charge in [0, 0.05) is 5.56 Å². The predicted molar refractivity (Wildman–Crippen MR) is 61.9 cm³/mol. The number of halogens is 4. The number of aryl methyl sites for hydroxylation is 1. The third-order valence-electron chi connectivity index (χ3n) is 2.53. The highest BCUT2D eigenvalue weighted by atomic mass is 19.3. The van der Waals surface area contributed by atoms with Gasteiger partial charge in [-0.2, -0.15) is 8.78 Å². The fourth-order valence-corrected chi connectivity index (χ4v) is 1.35. The smallest absolute Gasteiger partial charge is 0.330 e. The Morgan fingerprint density at radius 1 is 1.26 bits per heavy atom. The van der Waals surface area contributed by atoms with E-state index in [1.165, 1.54) is 0 Å². The van der Waals surface area contributed by atoms with Gasteiger partial charge in [-0.15, -0.1) is 0 Å². The summed E-state index contributed by atoms with van der Waals surface area (Å²) in [6.45, 7) is -0.163. The van der Waals surface area contributed by atoms with Gasteiger partial charge in [-0.05, 0) is 12.0 Å². The lowest BCUT2D eigenvalue weighted by Crippen LogP contribution is -2.33. The molecule has 1 aromatic rings. The Balaban J connectivity index is 2.47. The normalized spacial score (nSPS) is 11.9. The third kappa shape index (κ3) is 4.63. The van der Waals surface area contributed by atoms with Gasteiger partial charge in [0.25, 0.3) is 0 Å². The van der Waals surface area contributed by atoms with Crippen LogP contribution in [0.1, 0.15) is 22.8 Å². The second-order valence-electron chi connectivity index (χ2n) is 4.03. The summed E-state index contributed by atoms with van der Waals surface area (Å²) >= 11 is 0. The summed E-state index contributed by atoms with van der Waals surface area (Å²) < 4.78 is 53.0. The molecule has 1 aromatic carbocycles. The van der Waals surface area contributed by atoms with Gasteiger partial charge < -0.3 is 4.74 Å². The minimum Gasteiger partial charge on any atom is -0.367 e. The zero-order valence-electron chi connectivity index (χ0n) is 10.3. The number of Topliss-reactive ketones (excluding diaryl/α,β-unsaturated/α-hetero) is 1. The topological polar surface area (TPSA) is 26.3 Å². The Bertz CT molecular complexity index is 415. The van der Waals surface area contributed by atoms with Crippen LogP contribution in [-0.2, 0) is 11.2 Å². The first-order chi connectivity index (χ1) is 8.86. The fourth-order valence-electron chi connectivity index (χ4n) is 1.35.